The van der Waals surface area contributed by atoms with Crippen LogP contribution in [0.4, 0.5) is 0 Å². The first-order valence-corrected chi connectivity index (χ1v) is 11.4. The van der Waals surface area contributed by atoms with Gasteiger partial charge in [0, 0.05) is 38.6 Å². The summed E-state index contributed by atoms with van der Waals surface area (Å²) >= 11 is 0. The van der Waals surface area contributed by atoms with Crippen LogP contribution in [0.15, 0.2) is 42.7 Å². The van der Waals surface area contributed by atoms with Gasteiger partial charge in [-0.25, -0.2) is 9.97 Å². The molecule has 1 fully saturated rings. The van der Waals surface area contributed by atoms with Crippen LogP contribution in [0.5, 0.6) is 5.75 Å². The standard InChI is InChI=1S/C24H29N5O4/c30-21-18-6-1-2-7-19(18)33-17-4-3-8-24(23(32)28-14-13-27-21)9-15-29(16-10-24)22(31)20-25-11-5-12-26-20/h1-2,5-7,11-12H,3-4,8-10,13-17H2,(H,27,30)(H,28,32). The molecular formula is C24H29N5O4. The predicted molar refractivity (Wildman–Crippen MR) is 121 cm³/mol. The second-order valence-corrected chi connectivity index (χ2v) is 8.46. The van der Waals surface area contributed by atoms with Crippen molar-refractivity contribution in [2.45, 2.75) is 32.1 Å². The van der Waals surface area contributed by atoms with E-state index in [1.165, 1.54) is 0 Å². The van der Waals surface area contributed by atoms with E-state index in [0.29, 0.717) is 56.9 Å². The van der Waals surface area contributed by atoms with Gasteiger partial charge in [-0.05, 0) is 50.3 Å². The highest BCUT2D eigenvalue weighted by Gasteiger charge is 2.42. The number of piperidine rings is 1. The first-order chi connectivity index (χ1) is 16.1. The largest absolute Gasteiger partial charge is 0.493 e. The molecule has 1 aromatic heterocycles. The van der Waals surface area contributed by atoms with E-state index in [-0.39, 0.29) is 23.5 Å². The van der Waals surface area contributed by atoms with Crippen LogP contribution in [0.3, 0.4) is 0 Å². The lowest BCUT2D eigenvalue weighted by Crippen LogP contribution is -2.51. The second-order valence-electron chi connectivity index (χ2n) is 8.46. The highest BCUT2D eigenvalue weighted by molar-refractivity contribution is 5.97. The third-order valence-corrected chi connectivity index (χ3v) is 6.38. The van der Waals surface area contributed by atoms with Crippen LogP contribution in [-0.2, 0) is 4.79 Å². The number of fused-ring (bicyclic) bond motifs is 1. The van der Waals surface area contributed by atoms with Gasteiger partial charge in [0.05, 0.1) is 17.6 Å². The maximum absolute atomic E-state index is 13.2. The summed E-state index contributed by atoms with van der Waals surface area (Å²) in [4.78, 5) is 48.3. The third-order valence-electron chi connectivity index (χ3n) is 6.38. The molecule has 33 heavy (non-hydrogen) atoms. The van der Waals surface area contributed by atoms with Gasteiger partial charge in [-0.1, -0.05) is 12.1 Å². The average Bonchev–Trinajstić information content (AvgIpc) is 2.86. The van der Waals surface area contributed by atoms with E-state index >= 15 is 0 Å². The van der Waals surface area contributed by atoms with Crippen LogP contribution in [0.2, 0.25) is 0 Å². The fraction of sp³-hybridized carbons (Fsp3) is 0.458. The van der Waals surface area contributed by atoms with Crippen molar-refractivity contribution in [3.05, 3.63) is 54.1 Å². The van der Waals surface area contributed by atoms with E-state index in [9.17, 15) is 14.4 Å². The van der Waals surface area contributed by atoms with E-state index < -0.39 is 5.41 Å². The lowest BCUT2D eigenvalue weighted by Gasteiger charge is -2.40. The zero-order valence-corrected chi connectivity index (χ0v) is 18.6. The average molecular weight is 452 g/mol. The second kappa shape index (κ2) is 10.4. The maximum Gasteiger partial charge on any atom is 0.291 e. The lowest BCUT2D eigenvalue weighted by atomic mass is 9.73. The number of nitrogens with zero attached hydrogens (tertiary/aromatic N) is 3. The summed E-state index contributed by atoms with van der Waals surface area (Å²) in [7, 11) is 0. The zero-order valence-electron chi connectivity index (χ0n) is 18.6. The number of likely N-dealkylation sites (tertiary alicyclic amines) is 1. The Labute approximate surface area is 192 Å². The molecule has 2 N–H and O–H groups in total. The SMILES string of the molecule is O=C1NCCNC(=O)C2(CCCCOc3ccccc31)CCN(C(=O)c1ncccn1)CC2. The lowest BCUT2D eigenvalue weighted by molar-refractivity contribution is -0.134. The molecule has 174 valence electrons. The van der Waals surface area contributed by atoms with Crippen molar-refractivity contribution in [2.24, 2.45) is 5.41 Å². The van der Waals surface area contributed by atoms with Gasteiger partial charge in [0.2, 0.25) is 11.7 Å². The topological polar surface area (TPSA) is 114 Å². The molecule has 0 saturated carbocycles. The number of amides is 3. The minimum Gasteiger partial charge on any atom is -0.493 e. The Bertz CT molecular complexity index is 989. The number of carbonyl (C=O) groups excluding carboxylic acids is 3. The van der Waals surface area contributed by atoms with Crippen LogP contribution in [-0.4, -0.2) is 65.4 Å². The van der Waals surface area contributed by atoms with Crippen LogP contribution < -0.4 is 15.4 Å². The summed E-state index contributed by atoms with van der Waals surface area (Å²) in [6.45, 7) is 2.09. The van der Waals surface area contributed by atoms with Crippen LogP contribution >= 0.6 is 0 Å². The number of rotatable bonds is 1. The smallest absolute Gasteiger partial charge is 0.291 e. The summed E-state index contributed by atoms with van der Waals surface area (Å²) in [6.07, 6.45) is 6.57. The number of carbonyl (C=O) groups is 3. The molecule has 2 aliphatic heterocycles. The van der Waals surface area contributed by atoms with Gasteiger partial charge in [-0.2, -0.15) is 0 Å². The molecule has 2 aromatic rings. The van der Waals surface area contributed by atoms with Crippen molar-refractivity contribution >= 4 is 17.7 Å². The van der Waals surface area contributed by atoms with Gasteiger partial charge in [-0.15, -0.1) is 0 Å². The van der Waals surface area contributed by atoms with E-state index in [2.05, 4.69) is 20.6 Å². The number of benzene rings is 1. The minimum atomic E-state index is -0.541. The van der Waals surface area contributed by atoms with Crippen molar-refractivity contribution in [1.82, 2.24) is 25.5 Å². The predicted octanol–water partition coefficient (Wildman–Crippen LogP) is 1.81. The number of hydrogen-bond acceptors (Lipinski definition) is 6. The van der Waals surface area contributed by atoms with Crippen molar-refractivity contribution in [1.29, 1.82) is 0 Å². The molecule has 3 amide bonds. The Hall–Kier alpha value is -3.49. The van der Waals surface area contributed by atoms with Gasteiger partial charge in [0.15, 0.2) is 0 Å². The van der Waals surface area contributed by atoms with Crippen LogP contribution in [0.25, 0.3) is 0 Å². The van der Waals surface area contributed by atoms with Crippen molar-refractivity contribution in [3.63, 3.8) is 0 Å². The van der Waals surface area contributed by atoms with E-state index in [1.807, 2.05) is 6.07 Å². The van der Waals surface area contributed by atoms with Gasteiger partial charge in [0.1, 0.15) is 5.75 Å². The highest BCUT2D eigenvalue weighted by Crippen LogP contribution is 2.37. The maximum atomic E-state index is 13.2. The number of aromatic nitrogens is 2. The van der Waals surface area contributed by atoms with Gasteiger partial charge in [0.25, 0.3) is 11.8 Å². The molecule has 0 atom stereocenters. The molecule has 4 rings (SSSR count). The number of ether oxygens (including phenoxy) is 1. The van der Waals surface area contributed by atoms with Gasteiger partial charge >= 0.3 is 0 Å². The molecule has 0 radical (unpaired) electrons. The van der Waals surface area contributed by atoms with Crippen LogP contribution in [0, 0.1) is 5.41 Å². The quantitative estimate of drug-likeness (QED) is 0.684. The Kier molecular flexibility index (Phi) is 7.16. The first-order valence-electron chi connectivity index (χ1n) is 11.4. The summed E-state index contributed by atoms with van der Waals surface area (Å²) < 4.78 is 5.87. The summed E-state index contributed by atoms with van der Waals surface area (Å²) in [5, 5.41) is 5.85. The van der Waals surface area contributed by atoms with Gasteiger partial charge in [-0.3, -0.25) is 14.4 Å². The van der Waals surface area contributed by atoms with Crippen molar-refractivity contribution in [3.8, 4) is 5.75 Å². The summed E-state index contributed by atoms with van der Waals surface area (Å²) in [5.41, 5.74) is -0.0443. The summed E-state index contributed by atoms with van der Waals surface area (Å²) in [6, 6.07) is 8.86. The Balaban J connectivity index is 1.41. The normalized spacial score (nSPS) is 19.5. The van der Waals surface area contributed by atoms with Crippen LogP contribution in [0.1, 0.15) is 53.1 Å². The first kappa shape index (κ1) is 22.7. The highest BCUT2D eigenvalue weighted by atomic mass is 16.5. The Morgan fingerprint density at radius 2 is 1.67 bits per heavy atom. The Morgan fingerprint density at radius 1 is 0.939 bits per heavy atom. The molecule has 9 nitrogen and oxygen atoms in total. The molecule has 0 bridgehead atoms. The minimum absolute atomic E-state index is 0.0156. The molecule has 2 aliphatic rings. The summed E-state index contributed by atoms with van der Waals surface area (Å²) in [5.74, 6) is 0.305. The van der Waals surface area contributed by atoms with Gasteiger partial charge < -0.3 is 20.3 Å². The molecule has 1 saturated heterocycles. The molecule has 3 heterocycles. The number of nitrogens with one attached hydrogen (secondary N) is 2. The number of hydrogen-bond donors (Lipinski definition) is 2. The fourth-order valence-corrected chi connectivity index (χ4v) is 4.44. The molecule has 1 spiro atoms. The van der Waals surface area contributed by atoms with E-state index in [1.54, 1.807) is 41.6 Å². The zero-order chi connectivity index (χ0) is 23.1. The molecule has 0 aliphatic carbocycles. The number of para-hydroxylation sites is 1. The van der Waals surface area contributed by atoms with E-state index in [0.717, 1.165) is 19.3 Å². The third kappa shape index (κ3) is 5.30. The van der Waals surface area contributed by atoms with Crippen molar-refractivity contribution < 1.29 is 19.1 Å². The molecule has 0 unspecified atom stereocenters. The molecule has 1 aromatic carbocycles. The Morgan fingerprint density at radius 3 is 2.45 bits per heavy atom. The van der Waals surface area contributed by atoms with Crippen molar-refractivity contribution in [2.75, 3.05) is 32.8 Å². The van der Waals surface area contributed by atoms with E-state index in [4.69, 9.17) is 4.74 Å². The fourth-order valence-electron chi connectivity index (χ4n) is 4.44. The molecule has 9 heteroatoms. The monoisotopic (exact) mass is 451 g/mol. The molecular weight excluding hydrogens is 422 g/mol.